The van der Waals surface area contributed by atoms with Gasteiger partial charge in [-0.3, -0.25) is 9.00 Å². The van der Waals surface area contributed by atoms with E-state index in [0.29, 0.717) is 4.90 Å². The van der Waals surface area contributed by atoms with E-state index in [1.807, 2.05) is 0 Å². The quantitative estimate of drug-likeness (QED) is 0.612. The van der Waals surface area contributed by atoms with Gasteiger partial charge in [0.15, 0.2) is 6.10 Å². The molecule has 0 aliphatic carbocycles. The number of alkyl halides is 3. The fourth-order valence-electron chi connectivity index (χ4n) is 2.56. The molecule has 10 heteroatoms. The van der Waals surface area contributed by atoms with Crippen LogP contribution in [-0.4, -0.2) is 40.1 Å². The Morgan fingerprint density at radius 2 is 1.70 bits per heavy atom. The van der Waals surface area contributed by atoms with Gasteiger partial charge in [-0.2, -0.15) is 13.2 Å². The van der Waals surface area contributed by atoms with Gasteiger partial charge in [0.1, 0.15) is 6.04 Å². The Morgan fingerprint density at radius 3 is 2.23 bits per heavy atom. The van der Waals surface area contributed by atoms with E-state index in [1.54, 1.807) is 30.3 Å². The van der Waals surface area contributed by atoms with Gasteiger partial charge in [-0.05, 0) is 36.2 Å². The first kappa shape index (κ1) is 23.6. The highest BCUT2D eigenvalue weighted by Crippen LogP contribution is 2.30. The van der Waals surface area contributed by atoms with Crippen LogP contribution in [0.25, 0.3) is 0 Å². The normalized spacial score (nSPS) is 14.4. The average Bonchev–Trinajstić information content (AvgIpc) is 2.75. The first-order valence-corrected chi connectivity index (χ1v) is 10.1. The number of benzene rings is 2. The van der Waals surface area contributed by atoms with Crippen molar-refractivity contribution in [3.63, 3.8) is 0 Å². The third kappa shape index (κ3) is 6.39. The van der Waals surface area contributed by atoms with Crippen molar-refractivity contribution < 1.29 is 36.8 Å². The number of esters is 1. The maximum Gasteiger partial charge on any atom is 0.416 e. The van der Waals surface area contributed by atoms with Gasteiger partial charge in [0.05, 0.1) is 23.5 Å². The van der Waals surface area contributed by atoms with Crippen LogP contribution in [0.5, 0.6) is 0 Å². The minimum Gasteiger partial charge on any atom is -0.467 e. The van der Waals surface area contributed by atoms with Crippen LogP contribution in [0.2, 0.25) is 0 Å². The fourth-order valence-corrected chi connectivity index (χ4v) is 3.71. The molecule has 1 amide bonds. The minimum absolute atomic E-state index is 0.0281. The first-order chi connectivity index (χ1) is 14.1. The van der Waals surface area contributed by atoms with Crippen LogP contribution in [0.4, 0.5) is 13.2 Å². The zero-order chi connectivity index (χ0) is 22.3. The van der Waals surface area contributed by atoms with Gasteiger partial charge in [0.25, 0.3) is 5.91 Å². The first-order valence-electron chi connectivity index (χ1n) is 8.80. The molecular formula is C20H20F3NO5S. The maximum atomic E-state index is 12.6. The summed E-state index contributed by atoms with van der Waals surface area (Å²) in [4.78, 5) is 24.8. The third-order valence-corrected chi connectivity index (χ3v) is 5.61. The summed E-state index contributed by atoms with van der Waals surface area (Å²) >= 11 is 0. The highest BCUT2D eigenvalue weighted by molar-refractivity contribution is 7.85. The van der Waals surface area contributed by atoms with Gasteiger partial charge < -0.3 is 15.2 Å². The summed E-state index contributed by atoms with van der Waals surface area (Å²) in [5.41, 5.74) is -0.994. The smallest absolute Gasteiger partial charge is 0.416 e. The number of rotatable bonds is 8. The number of halogens is 3. The minimum atomic E-state index is -4.55. The van der Waals surface area contributed by atoms with Crippen molar-refractivity contribution in [2.75, 3.05) is 12.9 Å². The summed E-state index contributed by atoms with van der Waals surface area (Å²) in [7, 11) is -0.310. The molecule has 162 valence electrons. The molecule has 0 fully saturated rings. The standard InChI is InChI=1S/C20H20F3NO5S/c1-29-19(27)16(11-12-30(28)15-5-3-2-4-6-15)24-18(26)17(25)13-7-9-14(10-8-13)20(21,22)23/h2-10,16-17,25H,11-12H2,1H3,(H,24,26)/t16-,17-,30+/m1/s1. The van der Waals surface area contributed by atoms with Crippen molar-refractivity contribution >= 4 is 22.7 Å². The van der Waals surface area contributed by atoms with Crippen molar-refractivity contribution in [2.45, 2.75) is 29.6 Å². The van der Waals surface area contributed by atoms with Gasteiger partial charge in [-0.25, -0.2) is 4.79 Å². The summed E-state index contributed by atoms with van der Waals surface area (Å²) in [6.45, 7) is 0. The Balaban J connectivity index is 2.03. The number of ether oxygens (including phenoxy) is 1. The molecule has 3 atom stereocenters. The van der Waals surface area contributed by atoms with E-state index in [0.717, 1.165) is 31.4 Å². The van der Waals surface area contributed by atoms with Crippen LogP contribution in [0.1, 0.15) is 23.7 Å². The summed E-state index contributed by atoms with van der Waals surface area (Å²) < 4.78 is 54.9. The highest BCUT2D eigenvalue weighted by atomic mass is 32.2. The predicted octanol–water partition coefficient (Wildman–Crippen LogP) is 2.59. The third-order valence-electron chi connectivity index (χ3n) is 4.20. The van der Waals surface area contributed by atoms with Crippen LogP contribution < -0.4 is 5.32 Å². The topological polar surface area (TPSA) is 92.7 Å². The number of hydrogen-bond acceptors (Lipinski definition) is 5. The Labute approximate surface area is 173 Å². The number of hydrogen-bond donors (Lipinski definition) is 2. The number of carbonyl (C=O) groups excluding carboxylic acids is 2. The van der Waals surface area contributed by atoms with Gasteiger partial charge in [-0.1, -0.05) is 30.3 Å². The summed E-state index contributed by atoms with van der Waals surface area (Å²) in [6.07, 6.45) is -6.37. The molecule has 0 saturated heterocycles. The fraction of sp³-hybridized carbons (Fsp3) is 0.300. The van der Waals surface area contributed by atoms with E-state index in [2.05, 4.69) is 10.1 Å². The SMILES string of the molecule is COC(=O)[C@@H](CC[S@](=O)c1ccccc1)NC(=O)[C@H](O)c1ccc(C(F)(F)F)cc1. The summed E-state index contributed by atoms with van der Waals surface area (Å²) in [6, 6.07) is 10.8. The molecule has 0 spiro atoms. The van der Waals surface area contributed by atoms with Crippen molar-refractivity contribution in [3.8, 4) is 0 Å². The molecular weight excluding hydrogens is 423 g/mol. The molecule has 0 aliphatic rings. The lowest BCUT2D eigenvalue weighted by Crippen LogP contribution is -2.44. The lowest BCUT2D eigenvalue weighted by Gasteiger charge is -2.19. The van der Waals surface area contributed by atoms with E-state index in [1.165, 1.54) is 0 Å². The van der Waals surface area contributed by atoms with Gasteiger partial charge >= 0.3 is 12.1 Å². The second-order valence-corrected chi connectivity index (χ2v) is 7.83. The van der Waals surface area contributed by atoms with Crippen LogP contribution in [0, 0.1) is 0 Å². The molecule has 30 heavy (non-hydrogen) atoms. The molecule has 6 nitrogen and oxygen atoms in total. The Bertz CT molecular complexity index is 888. The van der Waals surface area contributed by atoms with Gasteiger partial charge in [0.2, 0.25) is 0 Å². The molecule has 2 aromatic carbocycles. The number of aliphatic hydroxyl groups excluding tert-OH is 1. The monoisotopic (exact) mass is 443 g/mol. The molecule has 0 heterocycles. The number of amides is 1. The van der Waals surface area contributed by atoms with E-state index >= 15 is 0 Å². The van der Waals surface area contributed by atoms with Crippen molar-refractivity contribution in [1.82, 2.24) is 5.32 Å². The molecule has 2 N–H and O–H groups in total. The number of aliphatic hydroxyl groups is 1. The molecule has 0 saturated carbocycles. The molecule has 0 aliphatic heterocycles. The molecule has 0 bridgehead atoms. The Hall–Kier alpha value is -2.72. The van der Waals surface area contributed by atoms with Crippen molar-refractivity contribution in [1.29, 1.82) is 0 Å². The van der Waals surface area contributed by atoms with Crippen LogP contribution >= 0.6 is 0 Å². The summed E-state index contributed by atoms with van der Waals surface area (Å²) in [5, 5.41) is 12.4. The molecule has 2 aromatic rings. The zero-order valence-corrected chi connectivity index (χ0v) is 16.7. The highest BCUT2D eigenvalue weighted by Gasteiger charge is 2.31. The Kier molecular flexibility index (Phi) is 8.13. The lowest BCUT2D eigenvalue weighted by atomic mass is 10.1. The van der Waals surface area contributed by atoms with E-state index < -0.39 is 46.6 Å². The van der Waals surface area contributed by atoms with E-state index in [-0.39, 0.29) is 17.7 Å². The number of methoxy groups -OCH3 is 1. The lowest BCUT2D eigenvalue weighted by molar-refractivity contribution is -0.146. The predicted molar refractivity (Wildman–Crippen MR) is 103 cm³/mol. The second-order valence-electron chi connectivity index (χ2n) is 6.26. The maximum absolute atomic E-state index is 12.6. The van der Waals surface area contributed by atoms with Crippen molar-refractivity contribution in [2.24, 2.45) is 0 Å². The number of carbonyl (C=O) groups is 2. The van der Waals surface area contributed by atoms with E-state index in [4.69, 9.17) is 0 Å². The van der Waals surface area contributed by atoms with Crippen LogP contribution in [0.15, 0.2) is 59.5 Å². The van der Waals surface area contributed by atoms with E-state index in [9.17, 15) is 32.1 Å². The molecule has 0 radical (unpaired) electrons. The Morgan fingerprint density at radius 1 is 1.10 bits per heavy atom. The van der Waals surface area contributed by atoms with Crippen LogP contribution in [-0.2, 0) is 31.3 Å². The molecule has 0 aromatic heterocycles. The molecule has 2 rings (SSSR count). The largest absolute Gasteiger partial charge is 0.467 e. The summed E-state index contributed by atoms with van der Waals surface area (Å²) in [5.74, 6) is -1.75. The van der Waals surface area contributed by atoms with Crippen molar-refractivity contribution in [3.05, 3.63) is 65.7 Å². The molecule has 0 unspecified atom stereocenters. The van der Waals surface area contributed by atoms with Gasteiger partial charge in [0, 0.05) is 10.6 Å². The number of nitrogens with one attached hydrogen (secondary N) is 1. The van der Waals surface area contributed by atoms with Gasteiger partial charge in [-0.15, -0.1) is 0 Å². The average molecular weight is 443 g/mol. The van der Waals surface area contributed by atoms with Crippen LogP contribution in [0.3, 0.4) is 0 Å². The zero-order valence-electron chi connectivity index (χ0n) is 15.9. The second kappa shape index (κ2) is 10.4.